The topological polar surface area (TPSA) is 297 Å². The second kappa shape index (κ2) is 29.9. The van der Waals surface area contributed by atoms with Crippen LogP contribution in [0.25, 0.3) is 110 Å². The fourth-order valence-corrected chi connectivity index (χ4v) is 19.2. The first kappa shape index (κ1) is 78.0. The van der Waals surface area contributed by atoms with E-state index in [4.69, 9.17) is 52.1 Å². The van der Waals surface area contributed by atoms with Crippen LogP contribution in [0.3, 0.4) is 0 Å². The van der Waals surface area contributed by atoms with Crippen LogP contribution in [0.5, 0.6) is 57.5 Å². The Morgan fingerprint density at radius 3 is 0.977 bits per heavy atom. The number of ether oxygens (including phenoxy) is 11. The number of fused-ring (bicyclic) bond motifs is 30. The number of hydrogen-bond acceptors (Lipinski definition) is 21. The predicted octanol–water partition coefficient (Wildman–Crippen LogP) is 15.7. The van der Waals surface area contributed by atoms with E-state index in [2.05, 4.69) is 22.5 Å². The van der Waals surface area contributed by atoms with Gasteiger partial charge in [-0.15, -0.1) is 6.58 Å². The van der Waals surface area contributed by atoms with Crippen LogP contribution in [-0.2, 0) is 38.5 Å². The quantitative estimate of drug-likeness (QED) is 0.134. The highest BCUT2D eigenvalue weighted by Gasteiger charge is 2.42. The van der Waals surface area contributed by atoms with Gasteiger partial charge in [0, 0.05) is 148 Å². The molecular weight excluding hydrogens is 1700 g/mol. The summed E-state index contributed by atoms with van der Waals surface area (Å²) in [4.78, 5) is 131. The number of nitrogens with zero attached hydrogens (tertiary/aromatic N) is 5. The molecule has 5 aliphatic heterocycles. The number of allylic oxidation sites excluding steroid dienone is 1. The zero-order valence-electron chi connectivity index (χ0n) is 68.4. The third-order valence-electron chi connectivity index (χ3n) is 24.7. The Balaban J connectivity index is 0.0000000944. The highest BCUT2D eigenvalue weighted by atomic mass is 79.9. The highest BCUT2D eigenvalue weighted by molar-refractivity contribution is 9.10. The van der Waals surface area contributed by atoms with Gasteiger partial charge in [-0.3, -0.25) is 47.9 Å². The molecule has 0 fully saturated rings. The molecule has 26 nitrogen and oxygen atoms in total. The first-order chi connectivity index (χ1) is 62.2. The zero-order chi connectivity index (χ0) is 87.7. The molecule has 0 saturated heterocycles. The Labute approximate surface area is 731 Å². The first-order valence-corrected chi connectivity index (χ1v) is 41.5. The number of rotatable bonds is 7. The average Bonchev–Trinajstić information content (AvgIpc) is 1.58. The summed E-state index contributed by atoms with van der Waals surface area (Å²) in [5.41, 5.74) is 13.6. The molecule has 0 N–H and O–H groups in total. The Hall–Kier alpha value is -16.0. The monoisotopic (exact) mass is 1760 g/mol. The van der Waals surface area contributed by atoms with Gasteiger partial charge in [-0.2, -0.15) is 0 Å². The number of carbonyl (C=O) groups is 5. The molecule has 628 valence electrons. The van der Waals surface area contributed by atoms with Crippen molar-refractivity contribution in [3.8, 4) is 114 Å². The van der Waals surface area contributed by atoms with Gasteiger partial charge in [0.1, 0.15) is 0 Å². The molecule has 0 spiro atoms. The molecule has 10 heterocycles. The fraction of sp³-hybridized carbons (Fsp3) is 0.129. The molecule has 27 heteroatoms. The number of pyridine rings is 5. The summed E-state index contributed by atoms with van der Waals surface area (Å²) in [5.74, 6) is 5.30. The van der Waals surface area contributed by atoms with Gasteiger partial charge in [-0.1, -0.05) is 131 Å². The van der Waals surface area contributed by atoms with Crippen molar-refractivity contribution in [3.05, 3.63) is 336 Å². The Morgan fingerprint density at radius 2 is 0.609 bits per heavy atom. The minimum Gasteiger partial charge on any atom is -0.454 e. The molecule has 0 bridgehead atoms. The maximum absolute atomic E-state index is 13.4. The van der Waals surface area contributed by atoms with Crippen molar-refractivity contribution < 1.29 is 76.1 Å². The molecule has 0 saturated carbocycles. The van der Waals surface area contributed by atoms with Crippen molar-refractivity contribution in [3.63, 3.8) is 0 Å². The van der Waals surface area contributed by atoms with Crippen LogP contribution in [0.1, 0.15) is 90.7 Å². The van der Waals surface area contributed by atoms with E-state index in [1.165, 1.54) is 4.57 Å². The van der Waals surface area contributed by atoms with E-state index in [1.807, 2.05) is 116 Å². The van der Waals surface area contributed by atoms with Crippen molar-refractivity contribution in [2.45, 2.75) is 26.6 Å². The standard InChI is InChI=1S/C24H15NO4.C20H15NO5.C20H13NO4.C19H13NO4.C18H10BrNO4/c26-23-18-11-20-19(28-13-29-20)10-17(18)22-21(23)15-8-4-5-9-16(15)24(27)25(22)12-14-6-2-1-3-7-14;1-24-7-6-21-18-13-8-15-16(26-10-25-15)9-14(13)19(22)17(18)11-4-2-3-5-12(11)20(21)23;1-2-7-21-18-13-8-15-16(25-10-24-15)9-14(13)19(22)17(18)11-5-3-4-6-12(11)20(21)23;1-9-3-4-10-13(5-9)19(22)20(2)17-11-6-14-15(24-8-23-14)7-12(11)18(21)16(10)17;1-20-16-10-5-13-14(24-7-23-13)6-11(10)17(21)15(16)9-3-2-8(19)4-12(9)18(20)22/h1-11H,12-13H2;2-5,8-9H,6-7,10H2,1H3;2-6,8-9H,1,7,10H2;3-7H,8H2,1-2H3;2-6H,7H2,1H3. The molecule has 16 aromatic rings. The summed E-state index contributed by atoms with van der Waals surface area (Å²) in [6.07, 6.45) is 1.66. The van der Waals surface area contributed by atoms with Crippen LogP contribution < -0.4 is 75.2 Å². The Kier molecular flexibility index (Phi) is 18.2. The number of ketones is 5. The molecule has 5 aliphatic carbocycles. The van der Waals surface area contributed by atoms with Crippen LogP contribution in [-0.4, -0.2) is 99.4 Å². The molecule has 0 unspecified atom stereocenters. The molecule has 128 heavy (non-hydrogen) atoms. The minimum absolute atomic E-state index is 0.0808. The summed E-state index contributed by atoms with van der Waals surface area (Å²) in [5, 5.41) is 6.08. The number of aromatic nitrogens is 5. The average molecular weight is 1770 g/mol. The van der Waals surface area contributed by atoms with Crippen LogP contribution in [0.4, 0.5) is 0 Å². The number of methoxy groups -OCH3 is 1. The maximum Gasteiger partial charge on any atom is 0.259 e. The predicted molar refractivity (Wildman–Crippen MR) is 478 cm³/mol. The van der Waals surface area contributed by atoms with Gasteiger partial charge < -0.3 is 74.9 Å². The largest absolute Gasteiger partial charge is 0.454 e. The van der Waals surface area contributed by atoms with E-state index in [-0.39, 0.29) is 90.7 Å². The van der Waals surface area contributed by atoms with E-state index < -0.39 is 0 Å². The van der Waals surface area contributed by atoms with E-state index in [0.717, 1.165) is 21.2 Å². The van der Waals surface area contributed by atoms with Gasteiger partial charge in [-0.05, 0) is 110 Å². The lowest BCUT2D eigenvalue weighted by atomic mass is 10.0. The lowest BCUT2D eigenvalue weighted by Crippen LogP contribution is -2.25. The van der Waals surface area contributed by atoms with Gasteiger partial charge in [0.05, 0.1) is 69.4 Å². The van der Waals surface area contributed by atoms with Gasteiger partial charge in [0.25, 0.3) is 27.8 Å². The summed E-state index contributed by atoms with van der Waals surface area (Å²) < 4.78 is 68.4. The molecule has 0 amide bonds. The second-order valence-corrected chi connectivity index (χ2v) is 32.6. The third-order valence-corrected chi connectivity index (χ3v) is 25.2. The van der Waals surface area contributed by atoms with Crippen molar-refractivity contribution in [2.75, 3.05) is 47.7 Å². The molecule has 10 aliphatic rings. The molecular formula is C101H66BrN5O21. The minimum atomic E-state index is -0.136. The molecule has 0 radical (unpaired) electrons. The van der Waals surface area contributed by atoms with E-state index in [0.29, 0.717) is 244 Å². The number of hydrogen-bond donors (Lipinski definition) is 0. The SMILES string of the molecule is C=CCn1c2c(c3ccccc3c1=O)C(=O)c1cc3c(cc1-2)OCO3.COCCn1c2c(c3ccccc3c1=O)C(=O)c1cc3c(cc1-2)OCO3.Cc1ccc2c3c(n(C)c(=O)c2c1)-c1cc2c(cc1C3=O)OCO2.Cn1c2c(c3ccc(Br)cc3c1=O)C(=O)c1cc3c(cc1-2)OCO3.O=C1c2cc3c(cc2-c2c1c1ccccc1c(=O)n2Cc1ccccc1)OCO3. The van der Waals surface area contributed by atoms with Crippen molar-refractivity contribution in [1.29, 1.82) is 0 Å². The lowest BCUT2D eigenvalue weighted by molar-refractivity contribution is 0.103. The second-order valence-electron chi connectivity index (χ2n) is 31.7. The summed E-state index contributed by atoms with van der Waals surface area (Å²) in [6, 6.07) is 60.0. The van der Waals surface area contributed by atoms with Crippen molar-refractivity contribution >= 4 is 98.7 Å². The van der Waals surface area contributed by atoms with Crippen LogP contribution in [0.2, 0.25) is 0 Å². The Morgan fingerprint density at radius 1 is 0.320 bits per heavy atom. The number of carbonyl (C=O) groups excluding carboxylic acids is 5. The smallest absolute Gasteiger partial charge is 0.259 e. The van der Waals surface area contributed by atoms with E-state index >= 15 is 0 Å². The Bertz CT molecular complexity index is 8000. The van der Waals surface area contributed by atoms with E-state index in [1.54, 1.807) is 137 Å². The lowest BCUT2D eigenvalue weighted by Gasteiger charge is -2.15. The molecule has 26 rings (SSSR count). The summed E-state index contributed by atoms with van der Waals surface area (Å²) in [6.45, 7) is 7.82. The molecule has 5 aromatic heterocycles. The summed E-state index contributed by atoms with van der Waals surface area (Å²) >= 11 is 3.39. The van der Waals surface area contributed by atoms with Crippen molar-refractivity contribution in [1.82, 2.24) is 22.8 Å². The number of aryl methyl sites for hydroxylation is 1. The fourth-order valence-electron chi connectivity index (χ4n) is 18.8. The van der Waals surface area contributed by atoms with Crippen LogP contribution in [0.15, 0.2) is 241 Å². The van der Waals surface area contributed by atoms with Crippen LogP contribution in [0, 0.1) is 6.92 Å². The maximum atomic E-state index is 13.4. The van der Waals surface area contributed by atoms with Gasteiger partial charge in [0.15, 0.2) is 86.4 Å². The molecule has 11 aromatic carbocycles. The zero-order valence-corrected chi connectivity index (χ0v) is 70.0. The first-order valence-electron chi connectivity index (χ1n) is 40.7. The van der Waals surface area contributed by atoms with Gasteiger partial charge >= 0.3 is 0 Å². The van der Waals surface area contributed by atoms with Gasteiger partial charge in [0.2, 0.25) is 34.0 Å². The summed E-state index contributed by atoms with van der Waals surface area (Å²) in [7, 11) is 4.98. The van der Waals surface area contributed by atoms with E-state index in [9.17, 15) is 47.9 Å². The number of benzene rings is 11. The van der Waals surface area contributed by atoms with Gasteiger partial charge in [-0.25, -0.2) is 0 Å². The normalized spacial score (nSPS) is 13.9. The third kappa shape index (κ3) is 11.9. The number of halogens is 1. The highest BCUT2D eigenvalue weighted by Crippen LogP contribution is 2.52. The van der Waals surface area contributed by atoms with Crippen molar-refractivity contribution in [2.24, 2.45) is 14.1 Å². The molecule has 0 atom stereocenters. The van der Waals surface area contributed by atoms with Crippen LogP contribution >= 0.6 is 15.9 Å².